The Morgan fingerprint density at radius 3 is 2.78 bits per heavy atom. The number of fused-ring (bicyclic) bond motifs is 1. The topological polar surface area (TPSA) is 30.2 Å². The molecule has 18 heavy (non-hydrogen) atoms. The predicted molar refractivity (Wildman–Crippen MR) is 68.1 cm³/mol. The van der Waals surface area contributed by atoms with E-state index in [0.29, 0.717) is 10.7 Å². The van der Waals surface area contributed by atoms with Crippen molar-refractivity contribution < 1.29 is 4.39 Å². The summed E-state index contributed by atoms with van der Waals surface area (Å²) in [7, 11) is 0. The van der Waals surface area contributed by atoms with E-state index in [2.05, 4.69) is 9.97 Å². The lowest BCUT2D eigenvalue weighted by atomic mass is 10.2. The largest absolute Gasteiger partial charge is 0.302 e. The first kappa shape index (κ1) is 11.2. The molecule has 0 N–H and O–H groups in total. The van der Waals surface area contributed by atoms with Crippen molar-refractivity contribution >= 4 is 17.2 Å². The van der Waals surface area contributed by atoms with Gasteiger partial charge in [-0.05, 0) is 31.2 Å². The molecule has 0 saturated carbocycles. The fourth-order valence-corrected chi connectivity index (χ4v) is 2.06. The lowest BCUT2D eigenvalue weighted by Crippen LogP contribution is -1.89. The lowest BCUT2D eigenvalue weighted by Gasteiger charge is -1.99. The summed E-state index contributed by atoms with van der Waals surface area (Å²) >= 11 is 5.95. The molecule has 0 aliphatic rings. The third-order valence-electron chi connectivity index (χ3n) is 2.79. The van der Waals surface area contributed by atoms with Gasteiger partial charge in [-0.15, -0.1) is 0 Å². The van der Waals surface area contributed by atoms with E-state index in [-0.39, 0.29) is 5.82 Å². The molecule has 0 atom stereocenters. The zero-order chi connectivity index (χ0) is 12.7. The third kappa shape index (κ3) is 1.75. The molecule has 0 aliphatic heterocycles. The number of imidazole rings is 1. The number of halogens is 2. The van der Waals surface area contributed by atoms with E-state index < -0.39 is 0 Å². The van der Waals surface area contributed by atoms with Gasteiger partial charge in [-0.1, -0.05) is 11.6 Å². The van der Waals surface area contributed by atoms with Crippen molar-refractivity contribution in [3.8, 4) is 11.4 Å². The summed E-state index contributed by atoms with van der Waals surface area (Å²) < 4.78 is 14.7. The molecule has 3 aromatic rings. The molecule has 0 aliphatic carbocycles. The van der Waals surface area contributed by atoms with Gasteiger partial charge >= 0.3 is 0 Å². The number of hydrogen-bond acceptors (Lipinski definition) is 2. The molecule has 3 rings (SSSR count). The van der Waals surface area contributed by atoms with Gasteiger partial charge in [0.25, 0.3) is 0 Å². The summed E-state index contributed by atoms with van der Waals surface area (Å²) in [5.74, 6) is -0.358. The van der Waals surface area contributed by atoms with E-state index in [1.807, 2.05) is 17.4 Å². The third-order valence-corrected chi connectivity index (χ3v) is 3.01. The molecule has 3 nitrogen and oxygen atoms in total. The maximum atomic E-state index is 12.9. The number of hydrogen-bond donors (Lipinski definition) is 0. The second-order valence-electron chi connectivity index (χ2n) is 3.98. The van der Waals surface area contributed by atoms with E-state index in [1.165, 1.54) is 12.3 Å². The molecular formula is C13H9ClFN3. The maximum absolute atomic E-state index is 12.9. The molecule has 0 fully saturated rings. The Balaban J connectivity index is 2.23. The lowest BCUT2D eigenvalue weighted by molar-refractivity contribution is 0.622. The minimum atomic E-state index is -0.358. The minimum absolute atomic E-state index is 0.358. The first-order valence-corrected chi connectivity index (χ1v) is 5.79. The summed E-state index contributed by atoms with van der Waals surface area (Å²) in [6.45, 7) is 1.93. The number of pyridine rings is 2. The highest BCUT2D eigenvalue weighted by molar-refractivity contribution is 6.30. The Morgan fingerprint density at radius 2 is 2.06 bits per heavy atom. The Hall–Kier alpha value is -1.94. The van der Waals surface area contributed by atoms with Crippen molar-refractivity contribution in [3.05, 3.63) is 53.2 Å². The first-order chi connectivity index (χ1) is 8.65. The highest BCUT2D eigenvalue weighted by Crippen LogP contribution is 2.23. The van der Waals surface area contributed by atoms with Crippen LogP contribution in [0.2, 0.25) is 5.02 Å². The standard InChI is InChI=1S/C13H9ClFN3/c1-8-13(11-4-3-10(15)6-16-11)17-12-5-2-9(14)7-18(8)12/h2-7H,1H3. The second-order valence-corrected chi connectivity index (χ2v) is 4.42. The van der Waals surface area contributed by atoms with Crippen LogP contribution >= 0.6 is 11.6 Å². The molecule has 3 heterocycles. The highest BCUT2D eigenvalue weighted by atomic mass is 35.5. The van der Waals surface area contributed by atoms with Gasteiger partial charge in [0.1, 0.15) is 17.2 Å². The van der Waals surface area contributed by atoms with Gasteiger partial charge < -0.3 is 4.40 Å². The van der Waals surface area contributed by atoms with Gasteiger partial charge in [-0.25, -0.2) is 9.37 Å². The molecular weight excluding hydrogens is 253 g/mol. The van der Waals surface area contributed by atoms with Crippen LogP contribution in [-0.2, 0) is 0 Å². The van der Waals surface area contributed by atoms with Crippen LogP contribution < -0.4 is 0 Å². The van der Waals surface area contributed by atoms with E-state index in [9.17, 15) is 4.39 Å². The normalized spacial score (nSPS) is 11.1. The number of nitrogens with zero attached hydrogens (tertiary/aromatic N) is 3. The monoisotopic (exact) mass is 261 g/mol. The van der Waals surface area contributed by atoms with Crippen molar-refractivity contribution in [2.75, 3.05) is 0 Å². The fourth-order valence-electron chi connectivity index (χ4n) is 1.89. The van der Waals surface area contributed by atoms with Gasteiger partial charge in [-0.2, -0.15) is 0 Å². The summed E-state index contributed by atoms with van der Waals surface area (Å²) in [4.78, 5) is 8.52. The maximum Gasteiger partial charge on any atom is 0.141 e. The van der Waals surface area contributed by atoms with Gasteiger partial charge in [0, 0.05) is 11.9 Å². The van der Waals surface area contributed by atoms with E-state index in [4.69, 9.17) is 11.6 Å². The summed E-state index contributed by atoms with van der Waals surface area (Å²) in [6, 6.07) is 6.61. The van der Waals surface area contributed by atoms with Crippen LogP contribution in [0, 0.1) is 12.7 Å². The summed E-state index contributed by atoms with van der Waals surface area (Å²) in [6.07, 6.45) is 2.98. The van der Waals surface area contributed by atoms with Crippen LogP contribution in [0.1, 0.15) is 5.69 Å². The summed E-state index contributed by atoms with van der Waals surface area (Å²) in [5, 5.41) is 0.640. The Bertz CT molecular complexity index is 719. The molecule has 90 valence electrons. The van der Waals surface area contributed by atoms with E-state index in [0.717, 1.165) is 17.0 Å². The first-order valence-electron chi connectivity index (χ1n) is 5.41. The quantitative estimate of drug-likeness (QED) is 0.671. The van der Waals surface area contributed by atoms with Crippen molar-refractivity contribution in [3.63, 3.8) is 0 Å². The average molecular weight is 262 g/mol. The average Bonchev–Trinajstić information content (AvgIpc) is 2.68. The minimum Gasteiger partial charge on any atom is -0.302 e. The van der Waals surface area contributed by atoms with Crippen LogP contribution in [0.15, 0.2) is 36.7 Å². The number of aryl methyl sites for hydroxylation is 1. The molecule has 5 heteroatoms. The van der Waals surface area contributed by atoms with Crippen LogP contribution in [0.25, 0.3) is 17.0 Å². The number of rotatable bonds is 1. The molecule has 0 bridgehead atoms. The fraction of sp³-hybridized carbons (Fsp3) is 0.0769. The van der Waals surface area contributed by atoms with Gasteiger partial charge in [-0.3, -0.25) is 4.98 Å². The highest BCUT2D eigenvalue weighted by Gasteiger charge is 2.11. The van der Waals surface area contributed by atoms with Crippen LogP contribution in [0.4, 0.5) is 4.39 Å². The van der Waals surface area contributed by atoms with E-state index in [1.54, 1.807) is 18.3 Å². The van der Waals surface area contributed by atoms with Gasteiger partial charge in [0.05, 0.1) is 16.9 Å². The molecule has 3 aromatic heterocycles. The molecule has 0 saturated heterocycles. The Kier molecular flexibility index (Phi) is 2.52. The molecule has 0 unspecified atom stereocenters. The SMILES string of the molecule is Cc1c(-c2ccc(F)cn2)nc2ccc(Cl)cn12. The number of aromatic nitrogens is 3. The zero-order valence-corrected chi connectivity index (χ0v) is 10.3. The van der Waals surface area contributed by atoms with E-state index >= 15 is 0 Å². The van der Waals surface area contributed by atoms with Crippen molar-refractivity contribution in [2.24, 2.45) is 0 Å². The van der Waals surface area contributed by atoms with Crippen LogP contribution in [0.5, 0.6) is 0 Å². The summed E-state index contributed by atoms with van der Waals surface area (Å²) in [5.41, 5.74) is 3.09. The van der Waals surface area contributed by atoms with Crippen molar-refractivity contribution in [2.45, 2.75) is 6.92 Å². The van der Waals surface area contributed by atoms with Crippen LogP contribution in [0.3, 0.4) is 0 Å². The predicted octanol–water partition coefficient (Wildman–Crippen LogP) is 3.50. The van der Waals surface area contributed by atoms with Crippen LogP contribution in [-0.4, -0.2) is 14.4 Å². The zero-order valence-electron chi connectivity index (χ0n) is 9.56. The molecule has 0 amide bonds. The second kappa shape index (κ2) is 4.07. The Morgan fingerprint density at radius 1 is 1.22 bits per heavy atom. The Labute approximate surface area is 108 Å². The van der Waals surface area contributed by atoms with Gasteiger partial charge in [0.2, 0.25) is 0 Å². The molecule has 0 spiro atoms. The van der Waals surface area contributed by atoms with Gasteiger partial charge in [0.15, 0.2) is 0 Å². The molecule has 0 radical (unpaired) electrons. The smallest absolute Gasteiger partial charge is 0.141 e. The molecule has 0 aromatic carbocycles. The van der Waals surface area contributed by atoms with Crippen molar-refractivity contribution in [1.29, 1.82) is 0 Å². The van der Waals surface area contributed by atoms with Crippen molar-refractivity contribution in [1.82, 2.24) is 14.4 Å².